The summed E-state index contributed by atoms with van der Waals surface area (Å²) in [7, 11) is 0. The van der Waals surface area contributed by atoms with E-state index in [2.05, 4.69) is 68.4 Å². The molecular formula is C24H36O2. The Bertz CT molecular complexity index is 723. The third kappa shape index (κ3) is 6.09. The SMILES string of the molecule is CC(C)(C)c1ccc(O)c(C(C)(C)C)c1.CC(C)(C)c1ccccc1O. The Morgan fingerprint density at radius 3 is 1.38 bits per heavy atom. The second kappa shape index (κ2) is 7.73. The van der Waals surface area contributed by atoms with Gasteiger partial charge in [-0.2, -0.15) is 0 Å². The molecule has 0 bridgehead atoms. The molecule has 0 aliphatic rings. The van der Waals surface area contributed by atoms with Gasteiger partial charge in [0.1, 0.15) is 11.5 Å². The molecule has 0 aromatic heterocycles. The van der Waals surface area contributed by atoms with Gasteiger partial charge in [0, 0.05) is 0 Å². The van der Waals surface area contributed by atoms with E-state index >= 15 is 0 Å². The molecule has 26 heavy (non-hydrogen) atoms. The van der Waals surface area contributed by atoms with Crippen molar-refractivity contribution in [3.05, 3.63) is 59.2 Å². The van der Waals surface area contributed by atoms with Crippen LogP contribution in [-0.2, 0) is 16.2 Å². The number of hydrogen-bond acceptors (Lipinski definition) is 2. The first kappa shape index (κ1) is 22.1. The molecule has 2 N–H and O–H groups in total. The van der Waals surface area contributed by atoms with Gasteiger partial charge < -0.3 is 10.2 Å². The summed E-state index contributed by atoms with van der Waals surface area (Å²) in [5.74, 6) is 0.788. The summed E-state index contributed by atoms with van der Waals surface area (Å²) in [5, 5.41) is 19.3. The minimum absolute atomic E-state index is 0.00859. The zero-order valence-electron chi connectivity index (χ0n) is 17.9. The highest BCUT2D eigenvalue weighted by molar-refractivity contribution is 5.42. The lowest BCUT2D eigenvalue weighted by molar-refractivity contribution is 0.444. The van der Waals surface area contributed by atoms with Crippen LogP contribution in [-0.4, -0.2) is 10.2 Å². The van der Waals surface area contributed by atoms with Crippen LogP contribution in [0.2, 0.25) is 0 Å². The van der Waals surface area contributed by atoms with Crippen LogP contribution in [0.3, 0.4) is 0 Å². The maximum absolute atomic E-state index is 9.84. The van der Waals surface area contributed by atoms with Crippen LogP contribution in [0.1, 0.15) is 79.0 Å². The van der Waals surface area contributed by atoms with Gasteiger partial charge in [-0.3, -0.25) is 0 Å². The fourth-order valence-corrected chi connectivity index (χ4v) is 2.71. The smallest absolute Gasteiger partial charge is 0.119 e. The highest BCUT2D eigenvalue weighted by Crippen LogP contribution is 2.34. The molecule has 0 amide bonds. The summed E-state index contributed by atoms with van der Waals surface area (Å²) in [6.45, 7) is 19.2. The third-order valence-corrected chi connectivity index (χ3v) is 4.38. The van der Waals surface area contributed by atoms with Crippen LogP contribution in [0.4, 0.5) is 0 Å². The number of hydrogen-bond donors (Lipinski definition) is 2. The van der Waals surface area contributed by atoms with Crippen molar-refractivity contribution in [3.63, 3.8) is 0 Å². The minimum Gasteiger partial charge on any atom is -0.508 e. The molecule has 0 unspecified atom stereocenters. The fraction of sp³-hybridized carbons (Fsp3) is 0.500. The molecule has 0 aliphatic heterocycles. The van der Waals surface area contributed by atoms with E-state index in [0.29, 0.717) is 11.5 Å². The number of para-hydroxylation sites is 1. The molecule has 2 aromatic rings. The van der Waals surface area contributed by atoms with Crippen molar-refractivity contribution < 1.29 is 10.2 Å². The first-order chi connectivity index (χ1) is 11.6. The van der Waals surface area contributed by atoms with Crippen molar-refractivity contribution in [3.8, 4) is 11.5 Å². The van der Waals surface area contributed by atoms with Crippen LogP contribution in [0.25, 0.3) is 0 Å². The van der Waals surface area contributed by atoms with E-state index in [4.69, 9.17) is 0 Å². The molecule has 0 radical (unpaired) electrons. The van der Waals surface area contributed by atoms with E-state index in [0.717, 1.165) is 11.1 Å². The quantitative estimate of drug-likeness (QED) is 0.553. The Morgan fingerprint density at radius 1 is 0.538 bits per heavy atom. The summed E-state index contributed by atoms with van der Waals surface area (Å²) in [6, 6.07) is 13.4. The number of phenolic OH excluding ortho intramolecular Hbond substituents is 2. The van der Waals surface area contributed by atoms with Gasteiger partial charge in [0.2, 0.25) is 0 Å². The van der Waals surface area contributed by atoms with Crippen molar-refractivity contribution in [1.82, 2.24) is 0 Å². The van der Waals surface area contributed by atoms with Gasteiger partial charge in [0.15, 0.2) is 0 Å². The lowest BCUT2D eigenvalue weighted by atomic mass is 9.80. The third-order valence-electron chi connectivity index (χ3n) is 4.38. The summed E-state index contributed by atoms with van der Waals surface area (Å²) >= 11 is 0. The van der Waals surface area contributed by atoms with Gasteiger partial charge in [-0.15, -0.1) is 0 Å². The molecule has 0 spiro atoms. The molecule has 2 rings (SSSR count). The monoisotopic (exact) mass is 356 g/mol. The molecule has 0 fully saturated rings. The van der Waals surface area contributed by atoms with Crippen molar-refractivity contribution in [1.29, 1.82) is 0 Å². The maximum Gasteiger partial charge on any atom is 0.119 e. The minimum atomic E-state index is -0.00859. The van der Waals surface area contributed by atoms with Crippen molar-refractivity contribution in [2.45, 2.75) is 78.6 Å². The Hall–Kier alpha value is -1.96. The molecule has 0 saturated heterocycles. The van der Waals surface area contributed by atoms with Crippen molar-refractivity contribution >= 4 is 0 Å². The Kier molecular flexibility index (Phi) is 6.57. The normalized spacial score (nSPS) is 12.3. The zero-order chi connectivity index (χ0) is 20.3. The van der Waals surface area contributed by atoms with E-state index in [1.165, 1.54) is 5.56 Å². The van der Waals surface area contributed by atoms with Crippen LogP contribution in [0.15, 0.2) is 42.5 Å². The van der Waals surface area contributed by atoms with Gasteiger partial charge in [-0.1, -0.05) is 92.6 Å². The average Bonchev–Trinajstić information content (AvgIpc) is 2.45. The lowest BCUT2D eigenvalue weighted by Gasteiger charge is -2.25. The molecule has 144 valence electrons. The van der Waals surface area contributed by atoms with Crippen molar-refractivity contribution in [2.24, 2.45) is 0 Å². The molecule has 2 aromatic carbocycles. The first-order valence-corrected chi connectivity index (χ1v) is 9.26. The highest BCUT2D eigenvalue weighted by Gasteiger charge is 2.21. The zero-order valence-corrected chi connectivity index (χ0v) is 17.9. The average molecular weight is 357 g/mol. The summed E-state index contributed by atoms with van der Waals surface area (Å²) in [5.41, 5.74) is 3.45. The number of aromatic hydroxyl groups is 2. The molecule has 2 nitrogen and oxygen atoms in total. The van der Waals surface area contributed by atoms with Crippen LogP contribution in [0.5, 0.6) is 11.5 Å². The van der Waals surface area contributed by atoms with Gasteiger partial charge in [0.25, 0.3) is 0 Å². The summed E-state index contributed by atoms with van der Waals surface area (Å²) in [6.07, 6.45) is 0. The van der Waals surface area contributed by atoms with Gasteiger partial charge in [0.05, 0.1) is 0 Å². The molecule has 0 saturated carbocycles. The second-order valence-electron chi connectivity index (χ2n) is 10.00. The predicted octanol–water partition coefficient (Wildman–Crippen LogP) is 6.68. The molecule has 0 atom stereocenters. The summed E-state index contributed by atoms with van der Waals surface area (Å²) < 4.78 is 0. The standard InChI is InChI=1S/C14H22O.C10H14O/c1-13(2,3)10-7-8-12(15)11(9-10)14(4,5)6;1-10(2,3)8-6-4-5-7-9(8)11/h7-9,15H,1-6H3;4-7,11H,1-3H3. The van der Waals surface area contributed by atoms with Gasteiger partial charge in [-0.25, -0.2) is 0 Å². The fourth-order valence-electron chi connectivity index (χ4n) is 2.71. The van der Waals surface area contributed by atoms with E-state index in [-0.39, 0.29) is 16.2 Å². The molecule has 0 aliphatic carbocycles. The maximum atomic E-state index is 9.84. The topological polar surface area (TPSA) is 40.5 Å². The number of benzene rings is 2. The second-order valence-corrected chi connectivity index (χ2v) is 10.00. The van der Waals surface area contributed by atoms with E-state index < -0.39 is 0 Å². The molecule has 2 heteroatoms. The lowest BCUT2D eigenvalue weighted by Crippen LogP contribution is -2.16. The van der Waals surface area contributed by atoms with Crippen LogP contribution >= 0.6 is 0 Å². The van der Waals surface area contributed by atoms with E-state index in [1.54, 1.807) is 12.1 Å². The molecule has 0 heterocycles. The van der Waals surface area contributed by atoms with Crippen LogP contribution < -0.4 is 0 Å². The van der Waals surface area contributed by atoms with E-state index in [1.807, 2.05) is 24.3 Å². The first-order valence-electron chi connectivity index (χ1n) is 9.26. The largest absolute Gasteiger partial charge is 0.508 e. The predicted molar refractivity (Wildman–Crippen MR) is 112 cm³/mol. The van der Waals surface area contributed by atoms with Gasteiger partial charge in [-0.05, 0) is 45.1 Å². The Balaban J connectivity index is 0.000000273. The van der Waals surface area contributed by atoms with Crippen LogP contribution in [0, 0.1) is 0 Å². The Morgan fingerprint density at radius 2 is 1.00 bits per heavy atom. The molecular weight excluding hydrogens is 320 g/mol. The summed E-state index contributed by atoms with van der Waals surface area (Å²) in [4.78, 5) is 0. The van der Waals surface area contributed by atoms with Gasteiger partial charge >= 0.3 is 0 Å². The Labute approximate surface area is 159 Å². The van der Waals surface area contributed by atoms with E-state index in [9.17, 15) is 10.2 Å². The number of rotatable bonds is 0. The number of phenols is 2. The van der Waals surface area contributed by atoms with Crippen molar-refractivity contribution in [2.75, 3.05) is 0 Å². The highest BCUT2D eigenvalue weighted by atomic mass is 16.3.